The van der Waals surface area contributed by atoms with Crippen LogP contribution in [0.4, 0.5) is 5.69 Å². The molecule has 0 aliphatic carbocycles. The highest BCUT2D eigenvalue weighted by molar-refractivity contribution is 5.95. The van der Waals surface area contributed by atoms with Gasteiger partial charge in [0.25, 0.3) is 5.91 Å². The van der Waals surface area contributed by atoms with Crippen LogP contribution in [0.5, 0.6) is 0 Å². The van der Waals surface area contributed by atoms with Gasteiger partial charge >= 0.3 is 5.97 Å². The third-order valence-corrected chi connectivity index (χ3v) is 4.28. The zero-order chi connectivity index (χ0) is 20.3. The normalized spacial score (nSPS) is 10.9. The van der Waals surface area contributed by atoms with E-state index in [1.165, 1.54) is 0 Å². The first-order valence-electron chi connectivity index (χ1n) is 8.95. The zero-order valence-electron chi connectivity index (χ0n) is 15.9. The summed E-state index contributed by atoms with van der Waals surface area (Å²) < 4.78 is 10.4. The lowest BCUT2D eigenvalue weighted by Gasteiger charge is -2.09. The highest BCUT2D eigenvalue weighted by Gasteiger charge is 2.15. The second-order valence-electron chi connectivity index (χ2n) is 6.88. The van der Waals surface area contributed by atoms with Gasteiger partial charge in [0.05, 0.1) is 5.39 Å². The number of aryl methyl sites for hydroxylation is 1. The third-order valence-electron chi connectivity index (χ3n) is 4.28. The van der Waals surface area contributed by atoms with Gasteiger partial charge in [-0.15, -0.1) is 0 Å². The van der Waals surface area contributed by atoms with Gasteiger partial charge in [0, 0.05) is 11.8 Å². The first kappa shape index (κ1) is 19.4. The number of hydrogen-bond acceptors (Lipinski definition) is 5. The molecule has 6 nitrogen and oxygen atoms in total. The predicted molar refractivity (Wildman–Crippen MR) is 107 cm³/mol. The lowest BCUT2D eigenvalue weighted by Crippen LogP contribution is -2.21. The first-order valence-corrected chi connectivity index (χ1v) is 8.95. The number of carbonyl (C=O) groups excluding carboxylic acids is 2. The van der Waals surface area contributed by atoms with E-state index in [9.17, 15) is 14.4 Å². The number of fused-ring (bicyclic) bond motifs is 1. The van der Waals surface area contributed by atoms with E-state index in [1.807, 2.05) is 19.1 Å². The molecule has 3 rings (SSSR count). The molecule has 0 radical (unpaired) electrons. The Morgan fingerprint density at radius 2 is 1.79 bits per heavy atom. The molecule has 0 spiro atoms. The van der Waals surface area contributed by atoms with Crippen molar-refractivity contribution in [3.63, 3.8) is 0 Å². The standard InChI is InChI=1S/C22H21NO5/c1-13(2)15-5-7-16(8-6-15)23-21(25)12-27-22(26)20-11-18(24)17-10-14(3)4-9-19(17)28-20/h4-11,13H,12H2,1-3H3,(H,23,25). The molecule has 3 aromatic rings. The summed E-state index contributed by atoms with van der Waals surface area (Å²) in [6, 6.07) is 13.6. The van der Waals surface area contributed by atoms with Crippen LogP contribution in [-0.2, 0) is 9.53 Å². The van der Waals surface area contributed by atoms with Crippen molar-refractivity contribution in [1.82, 2.24) is 0 Å². The number of carbonyl (C=O) groups is 2. The molecule has 0 fully saturated rings. The highest BCUT2D eigenvalue weighted by atomic mass is 16.5. The number of esters is 1. The summed E-state index contributed by atoms with van der Waals surface area (Å²) in [5.74, 6) is -1.20. The Morgan fingerprint density at radius 1 is 1.07 bits per heavy atom. The summed E-state index contributed by atoms with van der Waals surface area (Å²) in [6.07, 6.45) is 0. The molecule has 1 amide bonds. The van der Waals surface area contributed by atoms with Crippen LogP contribution in [0.2, 0.25) is 0 Å². The molecule has 0 aliphatic rings. The minimum atomic E-state index is -0.870. The van der Waals surface area contributed by atoms with Crippen LogP contribution < -0.4 is 10.7 Å². The molecule has 0 unspecified atom stereocenters. The molecule has 0 atom stereocenters. The Balaban J connectivity index is 1.63. The van der Waals surface area contributed by atoms with E-state index in [-0.39, 0.29) is 11.2 Å². The molecular weight excluding hydrogens is 358 g/mol. The van der Waals surface area contributed by atoms with Crippen molar-refractivity contribution in [2.45, 2.75) is 26.7 Å². The van der Waals surface area contributed by atoms with Crippen molar-refractivity contribution in [3.05, 3.63) is 75.6 Å². The number of rotatable bonds is 5. The predicted octanol–water partition coefficient (Wildman–Crippen LogP) is 4.02. The maximum Gasteiger partial charge on any atom is 0.374 e. The van der Waals surface area contributed by atoms with Gasteiger partial charge in [-0.05, 0) is 42.7 Å². The number of amides is 1. The van der Waals surface area contributed by atoms with Crippen molar-refractivity contribution in [2.24, 2.45) is 0 Å². The van der Waals surface area contributed by atoms with Crippen LogP contribution in [0.3, 0.4) is 0 Å². The zero-order valence-corrected chi connectivity index (χ0v) is 15.9. The summed E-state index contributed by atoms with van der Waals surface area (Å²) >= 11 is 0. The van der Waals surface area contributed by atoms with Crippen molar-refractivity contribution in [2.75, 3.05) is 11.9 Å². The quantitative estimate of drug-likeness (QED) is 0.677. The van der Waals surface area contributed by atoms with E-state index in [4.69, 9.17) is 9.15 Å². The lowest BCUT2D eigenvalue weighted by atomic mass is 10.0. The van der Waals surface area contributed by atoms with Crippen LogP contribution in [0.1, 0.15) is 41.4 Å². The average molecular weight is 379 g/mol. The van der Waals surface area contributed by atoms with Crippen molar-refractivity contribution < 1.29 is 18.7 Å². The Hall–Kier alpha value is -3.41. The van der Waals surface area contributed by atoms with Crippen LogP contribution >= 0.6 is 0 Å². The van der Waals surface area contributed by atoms with Crippen molar-refractivity contribution in [3.8, 4) is 0 Å². The van der Waals surface area contributed by atoms with Gasteiger partial charge in [-0.1, -0.05) is 37.6 Å². The van der Waals surface area contributed by atoms with Crippen LogP contribution in [-0.4, -0.2) is 18.5 Å². The second kappa shape index (κ2) is 8.08. The molecule has 0 bridgehead atoms. The first-order chi connectivity index (χ1) is 13.3. The summed E-state index contributed by atoms with van der Waals surface area (Å²) in [5, 5.41) is 3.04. The maximum absolute atomic E-state index is 12.2. The van der Waals surface area contributed by atoms with E-state index < -0.39 is 18.5 Å². The SMILES string of the molecule is Cc1ccc2oc(C(=O)OCC(=O)Nc3ccc(C(C)C)cc3)cc(=O)c2c1. The Kier molecular flexibility index (Phi) is 5.59. The molecule has 28 heavy (non-hydrogen) atoms. The van der Waals surface area contributed by atoms with E-state index in [0.717, 1.165) is 17.2 Å². The molecule has 0 saturated carbocycles. The molecular formula is C22H21NO5. The van der Waals surface area contributed by atoms with E-state index in [0.29, 0.717) is 22.6 Å². The smallest absolute Gasteiger partial charge is 0.374 e. The van der Waals surface area contributed by atoms with E-state index >= 15 is 0 Å². The van der Waals surface area contributed by atoms with Gasteiger partial charge in [0.1, 0.15) is 5.58 Å². The monoisotopic (exact) mass is 379 g/mol. The Bertz CT molecular complexity index is 1080. The van der Waals surface area contributed by atoms with Gasteiger partial charge in [-0.3, -0.25) is 9.59 Å². The average Bonchev–Trinajstić information content (AvgIpc) is 2.67. The number of benzene rings is 2. The number of ether oxygens (including phenoxy) is 1. The fourth-order valence-corrected chi connectivity index (χ4v) is 2.72. The van der Waals surface area contributed by atoms with E-state index in [2.05, 4.69) is 19.2 Å². The Labute approximate surface area is 162 Å². The van der Waals surface area contributed by atoms with E-state index in [1.54, 1.807) is 30.3 Å². The van der Waals surface area contributed by atoms with Gasteiger partial charge < -0.3 is 14.5 Å². The van der Waals surface area contributed by atoms with Crippen LogP contribution in [0.15, 0.2) is 57.7 Å². The minimum Gasteiger partial charge on any atom is -0.450 e. The second-order valence-corrected chi connectivity index (χ2v) is 6.88. The summed E-state index contributed by atoms with van der Waals surface area (Å²) in [6.45, 7) is 5.54. The number of hydrogen-bond donors (Lipinski definition) is 1. The fourth-order valence-electron chi connectivity index (χ4n) is 2.72. The maximum atomic E-state index is 12.2. The van der Waals surface area contributed by atoms with Gasteiger partial charge in [0.15, 0.2) is 12.0 Å². The topological polar surface area (TPSA) is 85.6 Å². The molecule has 2 aromatic carbocycles. The molecule has 6 heteroatoms. The number of nitrogens with one attached hydrogen (secondary N) is 1. The largest absolute Gasteiger partial charge is 0.450 e. The van der Waals surface area contributed by atoms with Crippen LogP contribution in [0, 0.1) is 6.92 Å². The summed E-state index contributed by atoms with van der Waals surface area (Å²) in [7, 11) is 0. The molecule has 1 aromatic heterocycles. The van der Waals surface area contributed by atoms with Gasteiger partial charge in [0.2, 0.25) is 5.76 Å². The molecule has 144 valence electrons. The number of anilines is 1. The fraction of sp³-hybridized carbons (Fsp3) is 0.227. The highest BCUT2D eigenvalue weighted by Crippen LogP contribution is 2.17. The summed E-state index contributed by atoms with van der Waals surface area (Å²) in [4.78, 5) is 36.3. The van der Waals surface area contributed by atoms with Crippen molar-refractivity contribution in [1.29, 1.82) is 0 Å². The molecule has 1 heterocycles. The van der Waals surface area contributed by atoms with Gasteiger partial charge in [-0.2, -0.15) is 0 Å². The van der Waals surface area contributed by atoms with Gasteiger partial charge in [-0.25, -0.2) is 4.79 Å². The molecule has 0 saturated heterocycles. The Morgan fingerprint density at radius 3 is 2.46 bits per heavy atom. The van der Waals surface area contributed by atoms with Crippen molar-refractivity contribution >= 4 is 28.5 Å². The molecule has 0 aliphatic heterocycles. The van der Waals surface area contributed by atoms with Crippen LogP contribution in [0.25, 0.3) is 11.0 Å². The molecule has 1 N–H and O–H groups in total. The third kappa shape index (κ3) is 4.46. The minimum absolute atomic E-state index is 0.240. The lowest BCUT2D eigenvalue weighted by molar-refractivity contribution is -0.119. The summed E-state index contributed by atoms with van der Waals surface area (Å²) in [5.41, 5.74) is 2.63.